The average molecular weight is 460 g/mol. The first kappa shape index (κ1) is 22.2. The van der Waals surface area contributed by atoms with Crippen LogP contribution in [0.25, 0.3) is 0 Å². The van der Waals surface area contributed by atoms with Crippen molar-refractivity contribution in [1.29, 1.82) is 0 Å². The monoisotopic (exact) mass is 459 g/mol. The molecule has 2 saturated heterocycles. The molecule has 3 heterocycles. The molecule has 34 heavy (non-hydrogen) atoms. The summed E-state index contributed by atoms with van der Waals surface area (Å²) in [6, 6.07) is 21.0. The Balaban J connectivity index is 1.22. The summed E-state index contributed by atoms with van der Waals surface area (Å²) in [5.74, 6) is 2.12. The van der Waals surface area contributed by atoms with Crippen molar-refractivity contribution < 1.29 is 19.0 Å². The first-order chi connectivity index (χ1) is 16.6. The maximum absolute atomic E-state index is 13.4. The smallest absolute Gasteiger partial charge is 0.257 e. The molecular weight excluding hydrogens is 430 g/mol. The van der Waals surface area contributed by atoms with Crippen LogP contribution in [0.3, 0.4) is 0 Å². The molecule has 1 atom stereocenters. The van der Waals surface area contributed by atoms with Crippen molar-refractivity contribution >= 4 is 17.4 Å². The van der Waals surface area contributed by atoms with Gasteiger partial charge in [0.15, 0.2) is 0 Å². The minimum absolute atomic E-state index is 0.0246. The van der Waals surface area contributed by atoms with Gasteiger partial charge in [-0.1, -0.05) is 24.3 Å². The summed E-state index contributed by atoms with van der Waals surface area (Å²) < 4.78 is 17.6. The van der Waals surface area contributed by atoms with Crippen LogP contribution in [0.1, 0.15) is 29.6 Å². The molecule has 1 aromatic heterocycles. The Bertz CT molecular complexity index is 1130. The van der Waals surface area contributed by atoms with E-state index < -0.39 is 0 Å². The summed E-state index contributed by atoms with van der Waals surface area (Å²) in [7, 11) is 1.63. The highest BCUT2D eigenvalue weighted by Crippen LogP contribution is 2.38. The maximum atomic E-state index is 13.4. The molecule has 1 spiro atoms. The van der Waals surface area contributed by atoms with Crippen LogP contribution in [0.2, 0.25) is 0 Å². The van der Waals surface area contributed by atoms with Crippen LogP contribution in [0, 0.1) is 0 Å². The average Bonchev–Trinajstić information content (AvgIpc) is 3.26. The molecule has 2 fully saturated rings. The fraction of sp³-hybridized carbons (Fsp3) is 0.333. The Kier molecular flexibility index (Phi) is 6.36. The summed E-state index contributed by atoms with van der Waals surface area (Å²) in [6.07, 6.45) is 4.17. The van der Waals surface area contributed by atoms with Gasteiger partial charge in [-0.3, -0.25) is 4.79 Å². The van der Waals surface area contributed by atoms with Crippen molar-refractivity contribution in [2.75, 3.05) is 32.1 Å². The van der Waals surface area contributed by atoms with Gasteiger partial charge in [0, 0.05) is 37.5 Å². The number of nitrogens with one attached hydrogen (secondary N) is 1. The third kappa shape index (κ3) is 4.84. The summed E-state index contributed by atoms with van der Waals surface area (Å²) in [4.78, 5) is 19.7. The molecule has 5 rings (SSSR count). The van der Waals surface area contributed by atoms with Gasteiger partial charge in [-0.15, -0.1) is 0 Å². The van der Waals surface area contributed by atoms with Gasteiger partial charge < -0.3 is 24.4 Å². The molecule has 0 aliphatic carbocycles. The number of rotatable bonds is 6. The molecule has 2 aromatic carbocycles. The predicted octanol–water partition coefficient (Wildman–Crippen LogP) is 4.68. The lowest BCUT2D eigenvalue weighted by Crippen LogP contribution is -2.46. The van der Waals surface area contributed by atoms with Crippen LogP contribution in [0.15, 0.2) is 72.9 Å². The van der Waals surface area contributed by atoms with E-state index in [1.54, 1.807) is 19.4 Å². The Hall–Kier alpha value is -3.58. The fourth-order valence-corrected chi connectivity index (χ4v) is 4.72. The molecule has 176 valence electrons. The summed E-state index contributed by atoms with van der Waals surface area (Å²) >= 11 is 0. The van der Waals surface area contributed by atoms with Gasteiger partial charge >= 0.3 is 0 Å². The van der Waals surface area contributed by atoms with E-state index in [1.807, 2.05) is 65.6 Å². The molecule has 1 N–H and O–H groups in total. The summed E-state index contributed by atoms with van der Waals surface area (Å²) in [6.45, 7) is 1.87. The standard InChI is InChI=1S/C27H29N3O4/c1-32-22-10-5-7-20(17-22)29-25-24(11-6-14-28-25)26(31)30-15-12-27(13-16-30)18-23(19-33-27)34-21-8-3-2-4-9-21/h2-11,14,17,23H,12-13,15-16,18-19H2,1H3,(H,28,29). The van der Waals surface area contributed by atoms with E-state index in [2.05, 4.69) is 10.3 Å². The van der Waals surface area contributed by atoms with Crippen molar-refractivity contribution in [3.63, 3.8) is 0 Å². The second kappa shape index (κ2) is 9.73. The number of amides is 1. The van der Waals surface area contributed by atoms with Crippen molar-refractivity contribution in [2.45, 2.75) is 31.0 Å². The number of aromatic nitrogens is 1. The molecule has 7 heteroatoms. The number of hydrogen-bond acceptors (Lipinski definition) is 6. The van der Waals surface area contributed by atoms with Gasteiger partial charge in [0.25, 0.3) is 5.91 Å². The number of para-hydroxylation sites is 1. The van der Waals surface area contributed by atoms with E-state index in [4.69, 9.17) is 14.2 Å². The van der Waals surface area contributed by atoms with E-state index in [0.29, 0.717) is 31.1 Å². The largest absolute Gasteiger partial charge is 0.497 e. The van der Waals surface area contributed by atoms with Crippen LogP contribution in [0.4, 0.5) is 11.5 Å². The van der Waals surface area contributed by atoms with E-state index in [9.17, 15) is 4.79 Å². The third-order valence-corrected chi connectivity index (χ3v) is 6.55. The lowest BCUT2D eigenvalue weighted by molar-refractivity contribution is -0.0395. The first-order valence-electron chi connectivity index (χ1n) is 11.7. The minimum atomic E-state index is -0.215. The van der Waals surface area contributed by atoms with E-state index >= 15 is 0 Å². The Labute approximate surface area is 199 Å². The van der Waals surface area contributed by atoms with Crippen molar-refractivity contribution in [3.8, 4) is 11.5 Å². The van der Waals surface area contributed by atoms with Crippen LogP contribution in [-0.2, 0) is 4.74 Å². The molecule has 0 radical (unpaired) electrons. The van der Waals surface area contributed by atoms with Crippen molar-refractivity contribution in [3.05, 3.63) is 78.5 Å². The lowest BCUT2D eigenvalue weighted by Gasteiger charge is -2.38. The maximum Gasteiger partial charge on any atom is 0.257 e. The zero-order valence-electron chi connectivity index (χ0n) is 19.3. The van der Waals surface area contributed by atoms with E-state index in [0.717, 1.165) is 36.4 Å². The Morgan fingerprint density at radius 1 is 1.06 bits per heavy atom. The van der Waals surface area contributed by atoms with Crippen LogP contribution >= 0.6 is 0 Å². The number of nitrogens with zero attached hydrogens (tertiary/aromatic N) is 2. The van der Waals surface area contributed by atoms with Crippen molar-refractivity contribution in [1.82, 2.24) is 9.88 Å². The van der Waals surface area contributed by atoms with Gasteiger partial charge in [0.2, 0.25) is 0 Å². The lowest BCUT2D eigenvalue weighted by atomic mass is 9.87. The number of pyridine rings is 1. The number of likely N-dealkylation sites (tertiary alicyclic amines) is 1. The third-order valence-electron chi connectivity index (χ3n) is 6.55. The molecule has 1 unspecified atom stereocenters. The van der Waals surface area contributed by atoms with Gasteiger partial charge in [-0.2, -0.15) is 0 Å². The van der Waals surface area contributed by atoms with Gasteiger partial charge in [0.05, 0.1) is 24.9 Å². The molecule has 2 aliphatic heterocycles. The predicted molar refractivity (Wildman–Crippen MR) is 130 cm³/mol. The number of ether oxygens (including phenoxy) is 3. The van der Waals surface area contributed by atoms with E-state index in [-0.39, 0.29) is 17.6 Å². The number of carbonyl (C=O) groups is 1. The SMILES string of the molecule is COc1cccc(Nc2ncccc2C(=O)N2CCC3(CC2)CC(Oc2ccccc2)CO3)c1. The molecule has 0 saturated carbocycles. The van der Waals surface area contributed by atoms with Crippen molar-refractivity contribution in [2.24, 2.45) is 0 Å². The highest BCUT2D eigenvalue weighted by atomic mass is 16.6. The molecule has 1 amide bonds. The molecule has 3 aromatic rings. The normalized spacial score (nSPS) is 19.1. The molecular formula is C27H29N3O4. The van der Waals surface area contributed by atoms with Gasteiger partial charge in [-0.25, -0.2) is 4.98 Å². The minimum Gasteiger partial charge on any atom is -0.497 e. The number of benzene rings is 2. The highest BCUT2D eigenvalue weighted by Gasteiger charge is 2.44. The topological polar surface area (TPSA) is 72.9 Å². The van der Waals surface area contributed by atoms with Crippen LogP contribution in [-0.4, -0.2) is 54.3 Å². The number of carbonyl (C=O) groups excluding carboxylic acids is 1. The van der Waals surface area contributed by atoms with Gasteiger partial charge in [-0.05, 0) is 49.2 Å². The first-order valence-corrected chi connectivity index (χ1v) is 11.7. The second-order valence-electron chi connectivity index (χ2n) is 8.80. The molecule has 7 nitrogen and oxygen atoms in total. The summed E-state index contributed by atoms with van der Waals surface area (Å²) in [5, 5.41) is 3.26. The number of anilines is 2. The van der Waals surface area contributed by atoms with Gasteiger partial charge in [0.1, 0.15) is 23.4 Å². The summed E-state index contributed by atoms with van der Waals surface area (Å²) in [5.41, 5.74) is 1.15. The second-order valence-corrected chi connectivity index (χ2v) is 8.80. The Morgan fingerprint density at radius 2 is 1.85 bits per heavy atom. The fourth-order valence-electron chi connectivity index (χ4n) is 4.72. The van der Waals surface area contributed by atoms with Crippen LogP contribution < -0.4 is 14.8 Å². The quantitative estimate of drug-likeness (QED) is 0.577. The van der Waals surface area contributed by atoms with E-state index in [1.165, 1.54) is 0 Å². The number of hydrogen-bond donors (Lipinski definition) is 1. The molecule has 0 bridgehead atoms. The molecule has 2 aliphatic rings. The van der Waals surface area contributed by atoms with Crippen LogP contribution in [0.5, 0.6) is 11.5 Å². The zero-order valence-corrected chi connectivity index (χ0v) is 19.3. The Morgan fingerprint density at radius 3 is 2.65 bits per heavy atom. The zero-order chi connectivity index (χ0) is 23.4. The highest BCUT2D eigenvalue weighted by molar-refractivity contribution is 5.99. The number of piperidine rings is 1. The number of methoxy groups -OCH3 is 1.